The Bertz CT molecular complexity index is 632. The standard InChI is InChI=1S/C14H15N3O3S/c1-19-13-11(8-15-14(17-13)20-2)16-12(18)9-4-6-10(21-3)7-5-9/h4-8H,1-3H3,(H,16,18). The van der Waals surface area contributed by atoms with E-state index in [0.29, 0.717) is 11.3 Å². The molecule has 0 saturated heterocycles. The van der Waals surface area contributed by atoms with Crippen molar-refractivity contribution in [2.75, 3.05) is 25.8 Å². The average molecular weight is 305 g/mol. The largest absolute Gasteiger partial charge is 0.479 e. The normalized spacial score (nSPS) is 10.0. The Balaban J connectivity index is 2.18. The maximum Gasteiger partial charge on any atom is 0.319 e. The predicted molar refractivity (Wildman–Crippen MR) is 81.3 cm³/mol. The molecule has 0 aliphatic heterocycles. The average Bonchev–Trinajstić information content (AvgIpc) is 2.55. The van der Waals surface area contributed by atoms with Gasteiger partial charge in [0, 0.05) is 10.5 Å². The second kappa shape index (κ2) is 6.94. The van der Waals surface area contributed by atoms with Crippen LogP contribution in [-0.2, 0) is 0 Å². The van der Waals surface area contributed by atoms with Crippen LogP contribution in [0.2, 0.25) is 0 Å². The minimum atomic E-state index is -0.255. The number of ether oxygens (including phenoxy) is 2. The molecule has 1 heterocycles. The van der Waals surface area contributed by atoms with Crippen LogP contribution in [0.1, 0.15) is 10.4 Å². The summed E-state index contributed by atoms with van der Waals surface area (Å²) in [7, 11) is 2.92. The minimum Gasteiger partial charge on any atom is -0.479 e. The number of nitrogens with zero attached hydrogens (tertiary/aromatic N) is 2. The van der Waals surface area contributed by atoms with E-state index in [2.05, 4.69) is 15.3 Å². The van der Waals surface area contributed by atoms with Gasteiger partial charge in [0.05, 0.1) is 20.4 Å². The molecule has 2 rings (SSSR count). The Morgan fingerprint density at radius 1 is 1.19 bits per heavy atom. The van der Waals surface area contributed by atoms with Crippen molar-refractivity contribution in [3.05, 3.63) is 36.0 Å². The summed E-state index contributed by atoms with van der Waals surface area (Å²) in [5, 5.41) is 2.72. The van der Waals surface area contributed by atoms with Crippen molar-refractivity contribution in [3.63, 3.8) is 0 Å². The van der Waals surface area contributed by atoms with Gasteiger partial charge in [-0.1, -0.05) is 0 Å². The second-order valence-corrected chi connectivity index (χ2v) is 4.84. The number of hydrogen-bond donors (Lipinski definition) is 1. The van der Waals surface area contributed by atoms with Gasteiger partial charge in [-0.2, -0.15) is 4.98 Å². The summed E-state index contributed by atoms with van der Waals surface area (Å²) in [6.07, 6.45) is 3.42. The molecular weight excluding hydrogens is 290 g/mol. The summed E-state index contributed by atoms with van der Waals surface area (Å²) in [5.74, 6) is -0.00865. The van der Waals surface area contributed by atoms with Gasteiger partial charge in [0.15, 0.2) is 0 Å². The number of amides is 1. The molecule has 1 aromatic carbocycles. The number of hydrogen-bond acceptors (Lipinski definition) is 6. The molecule has 1 aromatic heterocycles. The van der Waals surface area contributed by atoms with Gasteiger partial charge < -0.3 is 14.8 Å². The molecule has 1 amide bonds. The fourth-order valence-corrected chi connectivity index (χ4v) is 2.04. The summed E-state index contributed by atoms with van der Waals surface area (Å²) < 4.78 is 10.0. The highest BCUT2D eigenvalue weighted by atomic mass is 32.2. The van der Waals surface area contributed by atoms with E-state index in [1.165, 1.54) is 20.4 Å². The van der Waals surface area contributed by atoms with Crippen molar-refractivity contribution in [1.82, 2.24) is 9.97 Å². The lowest BCUT2D eigenvalue weighted by molar-refractivity contribution is 0.102. The third kappa shape index (κ3) is 3.63. The second-order valence-electron chi connectivity index (χ2n) is 3.96. The van der Waals surface area contributed by atoms with E-state index in [-0.39, 0.29) is 17.8 Å². The highest BCUT2D eigenvalue weighted by Crippen LogP contribution is 2.23. The SMILES string of the molecule is COc1ncc(NC(=O)c2ccc(SC)cc2)c(OC)n1. The zero-order valence-electron chi connectivity index (χ0n) is 11.9. The number of nitrogens with one attached hydrogen (secondary N) is 1. The molecule has 2 aromatic rings. The molecule has 0 spiro atoms. The molecule has 6 nitrogen and oxygen atoms in total. The number of benzene rings is 1. The van der Waals surface area contributed by atoms with Gasteiger partial charge in [-0.25, -0.2) is 4.98 Å². The fraction of sp³-hybridized carbons (Fsp3) is 0.214. The minimum absolute atomic E-state index is 0.175. The molecule has 21 heavy (non-hydrogen) atoms. The number of aromatic nitrogens is 2. The van der Waals surface area contributed by atoms with Crippen LogP contribution in [0.15, 0.2) is 35.4 Å². The van der Waals surface area contributed by atoms with Gasteiger partial charge in [-0.3, -0.25) is 4.79 Å². The first-order valence-corrected chi connectivity index (χ1v) is 7.31. The van der Waals surface area contributed by atoms with E-state index >= 15 is 0 Å². The number of anilines is 1. The lowest BCUT2D eigenvalue weighted by Gasteiger charge is -2.09. The molecule has 1 N–H and O–H groups in total. The van der Waals surface area contributed by atoms with Crippen molar-refractivity contribution in [3.8, 4) is 11.9 Å². The molecule has 0 atom stereocenters. The fourth-order valence-electron chi connectivity index (χ4n) is 1.63. The van der Waals surface area contributed by atoms with E-state index in [9.17, 15) is 4.79 Å². The molecule has 0 aliphatic rings. The molecule has 0 saturated carbocycles. The molecule has 110 valence electrons. The topological polar surface area (TPSA) is 73.3 Å². The van der Waals surface area contributed by atoms with Gasteiger partial charge in [0.25, 0.3) is 5.91 Å². The number of thioether (sulfide) groups is 1. The van der Waals surface area contributed by atoms with Crippen molar-refractivity contribution >= 4 is 23.4 Å². The van der Waals surface area contributed by atoms with Crippen LogP contribution < -0.4 is 14.8 Å². The van der Waals surface area contributed by atoms with Crippen molar-refractivity contribution in [1.29, 1.82) is 0 Å². The highest BCUT2D eigenvalue weighted by Gasteiger charge is 2.12. The first kappa shape index (κ1) is 15.1. The number of carbonyl (C=O) groups excluding carboxylic acids is 1. The quantitative estimate of drug-likeness (QED) is 0.855. The van der Waals surface area contributed by atoms with E-state index in [1.54, 1.807) is 23.9 Å². The first-order valence-electron chi connectivity index (χ1n) is 6.08. The van der Waals surface area contributed by atoms with E-state index < -0.39 is 0 Å². The van der Waals surface area contributed by atoms with Crippen molar-refractivity contribution < 1.29 is 14.3 Å². The smallest absolute Gasteiger partial charge is 0.319 e. The molecule has 0 aliphatic carbocycles. The van der Waals surface area contributed by atoms with Crippen LogP contribution in [0, 0.1) is 0 Å². The van der Waals surface area contributed by atoms with Crippen LogP contribution in [0.3, 0.4) is 0 Å². The molecule has 0 radical (unpaired) electrons. The lowest BCUT2D eigenvalue weighted by atomic mass is 10.2. The molecule has 0 unspecified atom stereocenters. The van der Waals surface area contributed by atoms with Gasteiger partial charge in [-0.15, -0.1) is 11.8 Å². The predicted octanol–water partition coefficient (Wildman–Crippen LogP) is 2.47. The Morgan fingerprint density at radius 3 is 2.48 bits per heavy atom. The number of rotatable bonds is 5. The third-order valence-electron chi connectivity index (χ3n) is 2.71. The first-order chi connectivity index (χ1) is 10.2. The number of methoxy groups -OCH3 is 2. The highest BCUT2D eigenvalue weighted by molar-refractivity contribution is 7.98. The monoisotopic (exact) mass is 305 g/mol. The lowest BCUT2D eigenvalue weighted by Crippen LogP contribution is -2.13. The molecular formula is C14H15N3O3S. The van der Waals surface area contributed by atoms with Crippen molar-refractivity contribution in [2.45, 2.75) is 4.90 Å². The van der Waals surface area contributed by atoms with E-state index in [0.717, 1.165) is 4.90 Å². The zero-order chi connectivity index (χ0) is 15.2. The Hall–Kier alpha value is -2.28. The Labute approximate surface area is 126 Å². The summed E-state index contributed by atoms with van der Waals surface area (Å²) in [5.41, 5.74) is 0.933. The van der Waals surface area contributed by atoms with Gasteiger partial charge >= 0.3 is 6.01 Å². The van der Waals surface area contributed by atoms with Crippen molar-refractivity contribution in [2.24, 2.45) is 0 Å². The van der Waals surface area contributed by atoms with E-state index in [4.69, 9.17) is 9.47 Å². The maximum atomic E-state index is 12.2. The van der Waals surface area contributed by atoms with Crippen LogP contribution >= 0.6 is 11.8 Å². The summed E-state index contributed by atoms with van der Waals surface area (Å²) in [6.45, 7) is 0. The number of carbonyl (C=O) groups is 1. The summed E-state index contributed by atoms with van der Waals surface area (Å²) in [6, 6.07) is 7.48. The molecule has 0 bridgehead atoms. The van der Waals surface area contributed by atoms with E-state index in [1.807, 2.05) is 18.4 Å². The van der Waals surface area contributed by atoms with Gasteiger partial charge in [0.1, 0.15) is 5.69 Å². The third-order valence-corrected chi connectivity index (χ3v) is 3.45. The summed E-state index contributed by atoms with van der Waals surface area (Å²) >= 11 is 1.62. The van der Waals surface area contributed by atoms with Gasteiger partial charge in [0.2, 0.25) is 5.88 Å². The van der Waals surface area contributed by atoms with Crippen LogP contribution in [0.4, 0.5) is 5.69 Å². The molecule has 0 fully saturated rings. The van der Waals surface area contributed by atoms with Crippen LogP contribution in [-0.4, -0.2) is 36.4 Å². The summed E-state index contributed by atoms with van der Waals surface area (Å²) in [4.78, 5) is 21.2. The van der Waals surface area contributed by atoms with Crippen LogP contribution in [0.5, 0.6) is 11.9 Å². The Morgan fingerprint density at radius 2 is 1.90 bits per heavy atom. The van der Waals surface area contributed by atoms with Crippen LogP contribution in [0.25, 0.3) is 0 Å². The maximum absolute atomic E-state index is 12.2. The van der Waals surface area contributed by atoms with Gasteiger partial charge in [-0.05, 0) is 30.5 Å². The zero-order valence-corrected chi connectivity index (χ0v) is 12.7. The Kier molecular flexibility index (Phi) is 4.99. The molecule has 7 heteroatoms.